The minimum atomic E-state index is -0.773. The van der Waals surface area contributed by atoms with E-state index in [0.717, 1.165) is 5.69 Å². The van der Waals surface area contributed by atoms with Crippen LogP contribution in [0, 0.1) is 6.92 Å². The van der Waals surface area contributed by atoms with Crippen LogP contribution < -0.4 is 0 Å². The van der Waals surface area contributed by atoms with Crippen LogP contribution in [-0.4, -0.2) is 40.5 Å². The molecule has 0 saturated heterocycles. The minimum absolute atomic E-state index is 0.213. The second kappa shape index (κ2) is 8.23. The quantitative estimate of drug-likeness (QED) is 0.589. The first-order valence-corrected chi connectivity index (χ1v) is 8.11. The summed E-state index contributed by atoms with van der Waals surface area (Å²) in [5.41, 5.74) is 2.58. The summed E-state index contributed by atoms with van der Waals surface area (Å²) in [4.78, 5) is 12.6. The van der Waals surface area contributed by atoms with E-state index in [1.165, 1.54) is 0 Å². The summed E-state index contributed by atoms with van der Waals surface area (Å²) in [6.45, 7) is 8.14. The zero-order valence-corrected chi connectivity index (χ0v) is 14.5. The molecule has 0 aliphatic carbocycles. The molecule has 0 saturated carbocycles. The molecule has 2 rings (SSSR count). The molecular weight excluding hydrogens is 312 g/mol. The number of fused-ring (bicyclic) bond motifs is 1. The third kappa shape index (κ3) is 3.43. The van der Waals surface area contributed by atoms with Crippen LogP contribution in [0.4, 0.5) is 0 Å². The van der Waals surface area contributed by atoms with Gasteiger partial charge in [0, 0.05) is 24.5 Å². The number of carbonyl (C=O) groups is 1. The second-order valence-electron chi connectivity index (χ2n) is 5.14. The van der Waals surface area contributed by atoms with Crippen molar-refractivity contribution in [2.75, 3.05) is 19.8 Å². The van der Waals surface area contributed by atoms with Gasteiger partial charge in [-0.15, -0.1) is 0 Å². The van der Waals surface area contributed by atoms with Crippen molar-refractivity contribution in [1.29, 1.82) is 0 Å². The number of pyridine rings is 1. The number of rotatable bonds is 8. The highest BCUT2D eigenvalue weighted by Crippen LogP contribution is 2.29. The van der Waals surface area contributed by atoms with E-state index in [1.54, 1.807) is 17.5 Å². The fraction of sp³-hybridized carbons (Fsp3) is 0.529. The Kier molecular flexibility index (Phi) is 6.30. The number of aromatic nitrogens is 2. The number of hydrogen-bond acceptors (Lipinski definition) is 6. The van der Waals surface area contributed by atoms with Crippen LogP contribution in [0.3, 0.4) is 0 Å². The van der Waals surface area contributed by atoms with Gasteiger partial charge in [0.05, 0.1) is 18.7 Å². The van der Waals surface area contributed by atoms with Gasteiger partial charge in [-0.05, 0) is 33.8 Å². The van der Waals surface area contributed by atoms with Crippen LogP contribution in [0.1, 0.15) is 54.4 Å². The van der Waals surface area contributed by atoms with Gasteiger partial charge in [-0.3, -0.25) is 0 Å². The Labute approximate surface area is 141 Å². The molecule has 0 aliphatic rings. The van der Waals surface area contributed by atoms with E-state index in [1.807, 2.05) is 26.8 Å². The first kappa shape index (κ1) is 18.4. The molecule has 0 aromatic carbocycles. The van der Waals surface area contributed by atoms with Gasteiger partial charge in [0.2, 0.25) is 6.29 Å². The maximum absolute atomic E-state index is 12.6. The molecule has 0 atom stereocenters. The molecule has 0 fully saturated rings. The molecule has 2 heterocycles. The van der Waals surface area contributed by atoms with Crippen molar-refractivity contribution in [2.24, 2.45) is 0 Å². The highest BCUT2D eigenvalue weighted by atomic mass is 16.7. The number of nitrogens with zero attached hydrogens (tertiary/aromatic N) is 2. The van der Waals surface area contributed by atoms with Crippen LogP contribution in [0.2, 0.25) is 0 Å². The van der Waals surface area contributed by atoms with Crippen molar-refractivity contribution in [3.63, 3.8) is 0 Å². The Morgan fingerprint density at radius 2 is 1.88 bits per heavy atom. The monoisotopic (exact) mass is 336 g/mol. The summed E-state index contributed by atoms with van der Waals surface area (Å²) in [6, 6.07) is 3.61. The number of aryl methyl sites for hydroxylation is 1. The molecule has 0 spiro atoms. The first-order chi connectivity index (χ1) is 11.6. The summed E-state index contributed by atoms with van der Waals surface area (Å²) in [6.07, 6.45) is -0.773. The molecule has 24 heavy (non-hydrogen) atoms. The smallest absolute Gasteiger partial charge is 0.342 e. The molecule has 2 aromatic rings. The van der Waals surface area contributed by atoms with E-state index in [2.05, 4.69) is 5.10 Å². The van der Waals surface area contributed by atoms with E-state index in [-0.39, 0.29) is 18.8 Å². The third-order valence-corrected chi connectivity index (χ3v) is 3.59. The Balaban J connectivity index is 2.75. The van der Waals surface area contributed by atoms with Crippen molar-refractivity contribution in [3.8, 4) is 0 Å². The number of carbonyl (C=O) groups excluding carboxylic acids is 1. The zero-order valence-electron chi connectivity index (χ0n) is 14.5. The number of ether oxygens (including phenoxy) is 3. The van der Waals surface area contributed by atoms with Crippen molar-refractivity contribution < 1.29 is 24.1 Å². The van der Waals surface area contributed by atoms with Gasteiger partial charge in [-0.1, -0.05) is 6.07 Å². The van der Waals surface area contributed by atoms with Gasteiger partial charge in [0.1, 0.15) is 11.3 Å². The molecule has 0 bridgehead atoms. The van der Waals surface area contributed by atoms with Crippen LogP contribution in [0.15, 0.2) is 12.1 Å². The van der Waals surface area contributed by atoms with E-state index in [0.29, 0.717) is 30.0 Å². The van der Waals surface area contributed by atoms with Gasteiger partial charge in [0.25, 0.3) is 0 Å². The SMILES string of the molecule is CCOC(=O)c1c(C(OCC)OCC)nn2c(C)ccc(CO)c12. The van der Waals surface area contributed by atoms with Gasteiger partial charge in [-0.25, -0.2) is 9.31 Å². The summed E-state index contributed by atoms with van der Waals surface area (Å²) in [7, 11) is 0. The maximum atomic E-state index is 12.6. The van der Waals surface area contributed by atoms with E-state index in [9.17, 15) is 9.90 Å². The first-order valence-electron chi connectivity index (χ1n) is 8.11. The van der Waals surface area contributed by atoms with Crippen molar-refractivity contribution in [3.05, 3.63) is 34.6 Å². The van der Waals surface area contributed by atoms with Gasteiger partial charge in [0.15, 0.2) is 0 Å². The lowest BCUT2D eigenvalue weighted by Crippen LogP contribution is -2.15. The normalized spacial score (nSPS) is 11.4. The molecule has 132 valence electrons. The Bertz CT molecular complexity index is 705. The topological polar surface area (TPSA) is 82.3 Å². The lowest BCUT2D eigenvalue weighted by Gasteiger charge is -2.15. The molecular formula is C17H24N2O5. The molecule has 7 nitrogen and oxygen atoms in total. The lowest BCUT2D eigenvalue weighted by molar-refractivity contribution is -0.143. The average Bonchev–Trinajstić information content (AvgIpc) is 2.97. The molecule has 0 unspecified atom stereocenters. The Morgan fingerprint density at radius 3 is 2.42 bits per heavy atom. The van der Waals surface area contributed by atoms with E-state index >= 15 is 0 Å². The maximum Gasteiger partial charge on any atom is 0.342 e. The fourth-order valence-corrected chi connectivity index (χ4v) is 2.56. The van der Waals surface area contributed by atoms with E-state index < -0.39 is 12.3 Å². The predicted octanol–water partition coefficient (Wildman–Crippen LogP) is 2.38. The minimum Gasteiger partial charge on any atom is -0.462 e. The van der Waals surface area contributed by atoms with Crippen LogP contribution in [0.5, 0.6) is 0 Å². The number of aliphatic hydroxyl groups excluding tert-OH is 1. The highest BCUT2D eigenvalue weighted by molar-refractivity contribution is 5.99. The molecule has 7 heteroatoms. The summed E-state index contributed by atoms with van der Waals surface area (Å²) in [5, 5.41) is 14.2. The van der Waals surface area contributed by atoms with Crippen LogP contribution >= 0.6 is 0 Å². The number of hydrogen-bond donors (Lipinski definition) is 1. The molecule has 0 aliphatic heterocycles. The summed E-state index contributed by atoms with van der Waals surface area (Å²) in [5.74, 6) is -0.507. The third-order valence-electron chi connectivity index (χ3n) is 3.59. The molecule has 2 aromatic heterocycles. The average molecular weight is 336 g/mol. The standard InChI is InChI=1S/C17H24N2O5/c1-5-22-16(21)13-14(17(23-6-2)24-7-3)18-19-11(4)8-9-12(10-20)15(13)19/h8-9,17,20H,5-7,10H2,1-4H3. The lowest BCUT2D eigenvalue weighted by atomic mass is 10.1. The van der Waals surface area contributed by atoms with Crippen molar-refractivity contribution in [1.82, 2.24) is 9.61 Å². The van der Waals surface area contributed by atoms with E-state index in [4.69, 9.17) is 14.2 Å². The molecule has 0 amide bonds. The van der Waals surface area contributed by atoms with Crippen molar-refractivity contribution >= 4 is 11.5 Å². The van der Waals surface area contributed by atoms with Gasteiger partial charge in [-0.2, -0.15) is 5.10 Å². The zero-order chi connectivity index (χ0) is 17.7. The predicted molar refractivity (Wildman–Crippen MR) is 87.8 cm³/mol. The molecule has 1 N–H and O–H groups in total. The number of esters is 1. The summed E-state index contributed by atoms with van der Waals surface area (Å²) < 4.78 is 18.0. The van der Waals surface area contributed by atoms with Gasteiger partial charge < -0.3 is 19.3 Å². The highest BCUT2D eigenvalue weighted by Gasteiger charge is 2.29. The van der Waals surface area contributed by atoms with Crippen LogP contribution in [-0.2, 0) is 20.8 Å². The second-order valence-corrected chi connectivity index (χ2v) is 5.14. The Morgan fingerprint density at radius 1 is 1.21 bits per heavy atom. The summed E-state index contributed by atoms with van der Waals surface area (Å²) >= 11 is 0. The fourth-order valence-electron chi connectivity index (χ4n) is 2.56. The largest absolute Gasteiger partial charge is 0.462 e. The number of aliphatic hydroxyl groups is 1. The molecule has 0 radical (unpaired) electrons. The van der Waals surface area contributed by atoms with Gasteiger partial charge >= 0.3 is 5.97 Å². The van der Waals surface area contributed by atoms with Crippen molar-refractivity contribution in [2.45, 2.75) is 40.6 Å². The van der Waals surface area contributed by atoms with Crippen LogP contribution in [0.25, 0.3) is 5.52 Å². The Hall–Kier alpha value is -1.96.